The molecule has 1 unspecified atom stereocenters. The van der Waals surface area contributed by atoms with Gasteiger partial charge in [0.05, 0.1) is 5.56 Å². The van der Waals surface area contributed by atoms with Crippen molar-refractivity contribution in [3.8, 4) is 0 Å². The van der Waals surface area contributed by atoms with Gasteiger partial charge in [0.15, 0.2) is 0 Å². The molecule has 0 saturated heterocycles. The summed E-state index contributed by atoms with van der Waals surface area (Å²) in [6, 6.07) is 3.53. The van der Waals surface area contributed by atoms with E-state index in [2.05, 4.69) is 21.2 Å². The van der Waals surface area contributed by atoms with Gasteiger partial charge in [0.1, 0.15) is 0 Å². The fraction of sp³-hybridized carbons (Fsp3) is 0.462. The van der Waals surface area contributed by atoms with Crippen molar-refractivity contribution in [2.24, 2.45) is 0 Å². The lowest BCUT2D eigenvalue weighted by Crippen LogP contribution is -2.38. The van der Waals surface area contributed by atoms with E-state index < -0.39 is 17.6 Å². The van der Waals surface area contributed by atoms with E-state index in [4.69, 9.17) is 0 Å². The Labute approximate surface area is 124 Å². The monoisotopic (exact) mass is 352 g/mol. The lowest BCUT2D eigenvalue weighted by atomic mass is 10.1. The molecule has 0 aliphatic rings. The van der Waals surface area contributed by atoms with Crippen molar-refractivity contribution in [1.29, 1.82) is 0 Å². The zero-order valence-corrected chi connectivity index (χ0v) is 13.0. The van der Waals surface area contributed by atoms with Crippen LogP contribution in [-0.2, 0) is 6.18 Å². The summed E-state index contributed by atoms with van der Waals surface area (Å²) in [4.78, 5) is 13.8. The Morgan fingerprint density at radius 2 is 2.00 bits per heavy atom. The van der Waals surface area contributed by atoms with Crippen LogP contribution in [0.4, 0.5) is 13.2 Å². The summed E-state index contributed by atoms with van der Waals surface area (Å²) in [5, 5.41) is 2.61. The number of benzene rings is 1. The Kier molecular flexibility index (Phi) is 5.59. The number of likely N-dealkylation sites (N-methyl/N-ethyl adjacent to an activating group) is 1. The fourth-order valence-corrected chi connectivity index (χ4v) is 1.88. The van der Waals surface area contributed by atoms with Gasteiger partial charge in [-0.3, -0.25) is 4.79 Å². The maximum Gasteiger partial charge on any atom is 0.417 e. The third-order valence-electron chi connectivity index (χ3n) is 2.97. The minimum atomic E-state index is -4.49. The van der Waals surface area contributed by atoms with Gasteiger partial charge in [0.2, 0.25) is 0 Å². The quantitative estimate of drug-likeness (QED) is 0.902. The number of carbonyl (C=O) groups excluding carboxylic acids is 1. The fourth-order valence-electron chi connectivity index (χ4n) is 1.41. The van der Waals surface area contributed by atoms with Crippen molar-refractivity contribution >= 4 is 21.8 Å². The molecule has 1 aromatic carbocycles. The molecule has 0 heterocycles. The minimum Gasteiger partial charge on any atom is -0.350 e. The van der Waals surface area contributed by atoms with Crippen LogP contribution in [0.5, 0.6) is 0 Å². The first-order chi connectivity index (χ1) is 9.12. The second kappa shape index (κ2) is 6.58. The maximum absolute atomic E-state index is 12.7. The van der Waals surface area contributed by atoms with Gasteiger partial charge in [-0.15, -0.1) is 0 Å². The molecule has 7 heteroatoms. The van der Waals surface area contributed by atoms with Crippen LogP contribution in [0.15, 0.2) is 22.7 Å². The number of rotatable bonds is 4. The Balaban J connectivity index is 2.85. The highest BCUT2D eigenvalue weighted by Crippen LogP contribution is 2.35. The summed E-state index contributed by atoms with van der Waals surface area (Å²) < 4.78 is 38.2. The van der Waals surface area contributed by atoms with Gasteiger partial charge in [0.25, 0.3) is 5.91 Å². The second-order valence-electron chi connectivity index (χ2n) is 4.72. The molecule has 0 bridgehead atoms. The Morgan fingerprint density at radius 3 is 2.50 bits per heavy atom. The number of amides is 1. The predicted molar refractivity (Wildman–Crippen MR) is 74.6 cm³/mol. The van der Waals surface area contributed by atoms with Crippen molar-refractivity contribution in [3.63, 3.8) is 0 Å². The summed E-state index contributed by atoms with van der Waals surface area (Å²) in [7, 11) is 3.72. The van der Waals surface area contributed by atoms with Crippen LogP contribution >= 0.6 is 15.9 Å². The molecule has 3 nitrogen and oxygen atoms in total. The van der Waals surface area contributed by atoms with Gasteiger partial charge < -0.3 is 10.2 Å². The van der Waals surface area contributed by atoms with E-state index in [1.807, 2.05) is 25.9 Å². The Hall–Kier alpha value is -1.08. The van der Waals surface area contributed by atoms with E-state index in [9.17, 15) is 18.0 Å². The summed E-state index contributed by atoms with van der Waals surface area (Å²) in [5.74, 6) is -0.517. The summed E-state index contributed by atoms with van der Waals surface area (Å²) in [6.45, 7) is 2.27. The largest absolute Gasteiger partial charge is 0.417 e. The number of nitrogens with one attached hydrogen (secondary N) is 1. The number of alkyl halides is 3. The Morgan fingerprint density at radius 1 is 1.40 bits per heavy atom. The number of halogens is 4. The first-order valence-electron chi connectivity index (χ1n) is 5.94. The number of carbonyl (C=O) groups is 1. The second-order valence-corrected chi connectivity index (χ2v) is 5.57. The van der Waals surface area contributed by atoms with Crippen molar-refractivity contribution < 1.29 is 18.0 Å². The number of hydrogen-bond donors (Lipinski definition) is 1. The van der Waals surface area contributed by atoms with E-state index in [0.717, 1.165) is 6.07 Å². The summed E-state index contributed by atoms with van der Waals surface area (Å²) in [5.41, 5.74) is -0.864. The van der Waals surface area contributed by atoms with Gasteiger partial charge >= 0.3 is 6.18 Å². The van der Waals surface area contributed by atoms with Crippen LogP contribution in [-0.4, -0.2) is 37.5 Å². The lowest BCUT2D eigenvalue weighted by molar-refractivity contribution is -0.138. The van der Waals surface area contributed by atoms with Gasteiger partial charge in [-0.1, -0.05) is 15.9 Å². The topological polar surface area (TPSA) is 32.3 Å². The van der Waals surface area contributed by atoms with Gasteiger partial charge in [-0.25, -0.2) is 0 Å². The van der Waals surface area contributed by atoms with Crippen molar-refractivity contribution in [2.45, 2.75) is 19.1 Å². The molecule has 112 valence electrons. The third kappa shape index (κ3) is 4.49. The van der Waals surface area contributed by atoms with E-state index in [0.29, 0.717) is 6.54 Å². The SMILES string of the molecule is CC(CNC(=O)c1ccc(Br)c(C(F)(F)F)c1)N(C)C. The molecular formula is C13H16BrF3N2O. The van der Waals surface area contributed by atoms with Crippen LogP contribution in [0.25, 0.3) is 0 Å². The smallest absolute Gasteiger partial charge is 0.350 e. The molecule has 0 saturated carbocycles. The molecule has 0 aliphatic heterocycles. The van der Waals surface area contributed by atoms with Crippen molar-refractivity contribution in [2.75, 3.05) is 20.6 Å². The highest BCUT2D eigenvalue weighted by Gasteiger charge is 2.33. The molecule has 1 atom stereocenters. The van der Waals surface area contributed by atoms with Gasteiger partial charge in [-0.2, -0.15) is 13.2 Å². The number of hydrogen-bond acceptors (Lipinski definition) is 2. The molecule has 0 radical (unpaired) electrons. The molecule has 0 aliphatic carbocycles. The standard InChI is InChI=1S/C13H16BrF3N2O/c1-8(19(2)3)7-18-12(20)9-4-5-11(14)10(6-9)13(15,16)17/h4-6,8H,7H2,1-3H3,(H,18,20). The zero-order chi connectivity index (χ0) is 15.5. The van der Waals surface area contributed by atoms with E-state index in [1.54, 1.807) is 0 Å². The van der Waals surface area contributed by atoms with Crippen LogP contribution in [0.1, 0.15) is 22.8 Å². The van der Waals surface area contributed by atoms with E-state index >= 15 is 0 Å². The van der Waals surface area contributed by atoms with Crippen LogP contribution < -0.4 is 5.32 Å². The minimum absolute atomic E-state index is 0.00789. The average Bonchev–Trinajstić information content (AvgIpc) is 2.34. The molecule has 1 aromatic rings. The van der Waals surface area contributed by atoms with Crippen LogP contribution in [0, 0.1) is 0 Å². The lowest BCUT2D eigenvalue weighted by Gasteiger charge is -2.20. The normalized spacial score (nSPS) is 13.4. The summed E-state index contributed by atoms with van der Waals surface area (Å²) in [6.07, 6.45) is -4.49. The first kappa shape index (κ1) is 17.0. The average molecular weight is 353 g/mol. The number of nitrogens with zero attached hydrogens (tertiary/aromatic N) is 1. The molecule has 0 aromatic heterocycles. The van der Waals surface area contributed by atoms with Gasteiger partial charge in [-0.05, 0) is 39.2 Å². The first-order valence-corrected chi connectivity index (χ1v) is 6.73. The van der Waals surface area contributed by atoms with Crippen LogP contribution in [0.2, 0.25) is 0 Å². The molecule has 0 spiro atoms. The molecule has 1 rings (SSSR count). The third-order valence-corrected chi connectivity index (χ3v) is 3.67. The maximum atomic E-state index is 12.7. The highest BCUT2D eigenvalue weighted by molar-refractivity contribution is 9.10. The molecular weight excluding hydrogens is 337 g/mol. The van der Waals surface area contributed by atoms with Crippen LogP contribution in [0.3, 0.4) is 0 Å². The molecule has 1 N–H and O–H groups in total. The predicted octanol–water partition coefficient (Wildman–Crippen LogP) is 3.15. The molecule has 0 fully saturated rings. The molecule has 20 heavy (non-hydrogen) atoms. The van der Waals surface area contributed by atoms with Crippen molar-refractivity contribution in [1.82, 2.24) is 10.2 Å². The Bertz CT molecular complexity index is 489. The van der Waals surface area contributed by atoms with Crippen molar-refractivity contribution in [3.05, 3.63) is 33.8 Å². The summed E-state index contributed by atoms with van der Waals surface area (Å²) >= 11 is 2.84. The highest BCUT2D eigenvalue weighted by atomic mass is 79.9. The van der Waals surface area contributed by atoms with Gasteiger partial charge in [0, 0.05) is 22.6 Å². The van der Waals surface area contributed by atoms with E-state index in [1.165, 1.54) is 12.1 Å². The zero-order valence-electron chi connectivity index (χ0n) is 11.4. The molecule has 1 amide bonds. The van der Waals surface area contributed by atoms with E-state index in [-0.39, 0.29) is 16.1 Å².